The van der Waals surface area contributed by atoms with Crippen LogP contribution in [0, 0.1) is 40.4 Å². The van der Waals surface area contributed by atoms with Gasteiger partial charge < -0.3 is 15.3 Å². The van der Waals surface area contributed by atoms with Crippen molar-refractivity contribution in [3.05, 3.63) is 23.3 Å². The van der Waals surface area contributed by atoms with Crippen molar-refractivity contribution in [3.63, 3.8) is 0 Å². The van der Waals surface area contributed by atoms with Crippen molar-refractivity contribution in [1.82, 2.24) is 0 Å². The highest BCUT2D eigenvalue weighted by molar-refractivity contribution is 5.85. The van der Waals surface area contributed by atoms with E-state index >= 15 is 0 Å². The first kappa shape index (κ1) is 28.4. The van der Waals surface area contributed by atoms with Gasteiger partial charge in [-0.2, -0.15) is 0 Å². The number of aliphatic hydroxyl groups excluding tert-OH is 2. The molecule has 4 aliphatic rings. The van der Waals surface area contributed by atoms with E-state index in [1.54, 1.807) is 19.4 Å². The molecule has 0 saturated heterocycles. The lowest BCUT2D eigenvalue weighted by atomic mass is 9.47. The number of allylic oxidation sites excluding steroid dienone is 2. The summed E-state index contributed by atoms with van der Waals surface area (Å²) < 4.78 is 0. The molecule has 0 aromatic rings. The van der Waals surface area contributed by atoms with Crippen LogP contribution < -0.4 is 0 Å². The van der Waals surface area contributed by atoms with Gasteiger partial charge in [-0.25, -0.2) is 4.79 Å². The molecule has 35 heavy (non-hydrogen) atoms. The Balaban J connectivity index is 0.000000623. The minimum Gasteiger partial charge on any atom is -0.478 e. The summed E-state index contributed by atoms with van der Waals surface area (Å²) >= 11 is 0. The summed E-state index contributed by atoms with van der Waals surface area (Å²) in [5, 5.41) is 27.7. The molecule has 0 aliphatic heterocycles. The smallest absolute Gasteiger partial charge is 0.330 e. The molecule has 3 saturated carbocycles. The standard InChI is InChI=1S/C27H42O3.C4H10O/c1-17(6-5-7-18(2)25(29)30)22-10-11-23-21-9-8-19-16-20(28)12-14-26(19,3)24(21)13-15-27(22,23)4;1-3-4(2)5/h7-8,17,20-24,28H,5-6,9-16H2,1-4H3,(H,29,30);4-5H,3H2,1-2H3/b18-7+;. The minimum absolute atomic E-state index is 0.116. The lowest BCUT2D eigenvalue weighted by Crippen LogP contribution is -2.50. The van der Waals surface area contributed by atoms with Crippen LogP contribution in [0.25, 0.3) is 0 Å². The van der Waals surface area contributed by atoms with E-state index in [0.29, 0.717) is 22.3 Å². The lowest BCUT2D eigenvalue weighted by Gasteiger charge is -2.58. The normalized spacial score (nSPS) is 40.3. The molecule has 4 rings (SSSR count). The molecule has 4 heteroatoms. The van der Waals surface area contributed by atoms with Crippen LogP contribution >= 0.6 is 0 Å². The van der Waals surface area contributed by atoms with Crippen molar-refractivity contribution in [3.8, 4) is 0 Å². The fraction of sp³-hybridized carbons (Fsp3) is 0.839. The van der Waals surface area contributed by atoms with Crippen LogP contribution in [0.1, 0.15) is 112 Å². The molecule has 0 spiro atoms. The molecule has 4 aliphatic carbocycles. The van der Waals surface area contributed by atoms with Gasteiger partial charge >= 0.3 is 5.97 Å². The Morgan fingerprint density at radius 1 is 1.14 bits per heavy atom. The van der Waals surface area contributed by atoms with Crippen LogP contribution in [0.3, 0.4) is 0 Å². The first-order valence-electron chi connectivity index (χ1n) is 14.4. The predicted molar refractivity (Wildman–Crippen MR) is 143 cm³/mol. The maximum absolute atomic E-state index is 11.1. The molecule has 4 nitrogen and oxygen atoms in total. The molecule has 9 atom stereocenters. The fourth-order valence-corrected chi connectivity index (χ4v) is 8.47. The Hall–Kier alpha value is -1.13. The van der Waals surface area contributed by atoms with Gasteiger partial charge in [-0.15, -0.1) is 0 Å². The number of aliphatic hydroxyl groups is 2. The van der Waals surface area contributed by atoms with E-state index in [-0.39, 0.29) is 12.2 Å². The third-order valence-corrected chi connectivity index (χ3v) is 10.8. The molecule has 0 aromatic carbocycles. The van der Waals surface area contributed by atoms with Crippen LogP contribution in [-0.2, 0) is 4.79 Å². The summed E-state index contributed by atoms with van der Waals surface area (Å²) in [4.78, 5) is 11.1. The van der Waals surface area contributed by atoms with E-state index in [1.807, 2.05) is 13.0 Å². The first-order valence-corrected chi connectivity index (χ1v) is 14.4. The van der Waals surface area contributed by atoms with Crippen molar-refractivity contribution >= 4 is 5.97 Å². The van der Waals surface area contributed by atoms with Crippen LogP contribution in [0.15, 0.2) is 23.3 Å². The lowest BCUT2D eigenvalue weighted by molar-refractivity contribution is -0.132. The molecule has 3 N–H and O–H groups in total. The highest BCUT2D eigenvalue weighted by Crippen LogP contribution is 2.67. The predicted octanol–water partition coefficient (Wildman–Crippen LogP) is 7.15. The second-order valence-corrected chi connectivity index (χ2v) is 12.9. The van der Waals surface area contributed by atoms with Crippen molar-refractivity contribution in [2.75, 3.05) is 0 Å². The highest BCUT2D eigenvalue weighted by atomic mass is 16.4. The summed E-state index contributed by atoms with van der Waals surface area (Å²) in [5.41, 5.74) is 2.82. The van der Waals surface area contributed by atoms with E-state index in [9.17, 15) is 9.90 Å². The van der Waals surface area contributed by atoms with Crippen LogP contribution in [-0.4, -0.2) is 33.5 Å². The quantitative estimate of drug-likeness (QED) is 0.274. The van der Waals surface area contributed by atoms with Crippen molar-refractivity contribution in [2.24, 2.45) is 40.4 Å². The number of carboxylic acid groups (broad SMARTS) is 1. The number of carbonyl (C=O) groups is 1. The maximum Gasteiger partial charge on any atom is 0.330 e. The summed E-state index contributed by atoms with van der Waals surface area (Å²) in [6.45, 7) is 12.9. The number of fused-ring (bicyclic) bond motifs is 5. The zero-order valence-corrected chi connectivity index (χ0v) is 23.2. The molecular weight excluding hydrogens is 436 g/mol. The number of hydrogen-bond acceptors (Lipinski definition) is 3. The van der Waals surface area contributed by atoms with Crippen molar-refractivity contribution < 1.29 is 20.1 Å². The van der Waals surface area contributed by atoms with Gasteiger partial charge in [0.1, 0.15) is 0 Å². The Labute approximate surface area is 214 Å². The Morgan fingerprint density at radius 3 is 2.46 bits per heavy atom. The number of hydrogen-bond donors (Lipinski definition) is 3. The van der Waals surface area contributed by atoms with E-state index in [2.05, 4.69) is 26.8 Å². The van der Waals surface area contributed by atoms with Gasteiger partial charge in [0, 0.05) is 5.57 Å². The van der Waals surface area contributed by atoms with Gasteiger partial charge in [-0.1, -0.05) is 45.4 Å². The van der Waals surface area contributed by atoms with Crippen LogP contribution in [0.2, 0.25) is 0 Å². The topological polar surface area (TPSA) is 77.8 Å². The van der Waals surface area contributed by atoms with Gasteiger partial charge in [0.25, 0.3) is 0 Å². The largest absolute Gasteiger partial charge is 0.478 e. The molecule has 200 valence electrons. The Kier molecular flexibility index (Phi) is 9.35. The van der Waals surface area contributed by atoms with E-state index in [0.717, 1.165) is 55.8 Å². The maximum atomic E-state index is 11.1. The zero-order chi connectivity index (χ0) is 26.0. The average Bonchev–Trinajstić information content (AvgIpc) is 3.17. The molecule has 0 heterocycles. The average molecular weight is 489 g/mol. The fourth-order valence-electron chi connectivity index (χ4n) is 8.47. The minimum atomic E-state index is -0.790. The molecule has 0 amide bonds. The summed E-state index contributed by atoms with van der Waals surface area (Å²) in [6.07, 6.45) is 16.8. The number of aliphatic carboxylic acids is 1. The Bertz CT molecular complexity index is 798. The van der Waals surface area contributed by atoms with E-state index < -0.39 is 5.97 Å². The zero-order valence-electron chi connectivity index (χ0n) is 23.2. The highest BCUT2D eigenvalue weighted by Gasteiger charge is 2.59. The summed E-state index contributed by atoms with van der Waals surface area (Å²) in [6, 6.07) is 0. The second-order valence-electron chi connectivity index (χ2n) is 12.9. The van der Waals surface area contributed by atoms with E-state index in [1.165, 1.54) is 38.5 Å². The third-order valence-electron chi connectivity index (χ3n) is 10.8. The van der Waals surface area contributed by atoms with E-state index in [4.69, 9.17) is 10.2 Å². The third kappa shape index (κ3) is 5.90. The SMILES string of the molecule is C/C(=C\CCC(C)C1CCC2C3CC=C4CC(O)CCC4(C)C3CCC12C)C(=O)O.CCC(C)O. The molecule has 0 radical (unpaired) electrons. The summed E-state index contributed by atoms with van der Waals surface area (Å²) in [5.74, 6) is 3.10. The Morgan fingerprint density at radius 2 is 1.83 bits per heavy atom. The molecule has 0 bridgehead atoms. The molecule has 9 unspecified atom stereocenters. The monoisotopic (exact) mass is 488 g/mol. The second kappa shape index (κ2) is 11.5. The van der Waals surface area contributed by atoms with Gasteiger partial charge in [-0.05, 0) is 125 Å². The molecule has 3 fully saturated rings. The van der Waals surface area contributed by atoms with Gasteiger partial charge in [0.15, 0.2) is 0 Å². The summed E-state index contributed by atoms with van der Waals surface area (Å²) in [7, 11) is 0. The van der Waals surface area contributed by atoms with Crippen molar-refractivity contribution in [2.45, 2.75) is 124 Å². The van der Waals surface area contributed by atoms with Gasteiger partial charge in [-0.3, -0.25) is 0 Å². The van der Waals surface area contributed by atoms with Crippen LogP contribution in [0.5, 0.6) is 0 Å². The first-order chi connectivity index (χ1) is 16.4. The number of carboxylic acids is 1. The van der Waals surface area contributed by atoms with Gasteiger partial charge in [0.05, 0.1) is 12.2 Å². The van der Waals surface area contributed by atoms with Crippen molar-refractivity contribution in [1.29, 1.82) is 0 Å². The molecular formula is C31H52O4. The van der Waals surface area contributed by atoms with Gasteiger partial charge in [0.2, 0.25) is 0 Å². The number of rotatable bonds is 6. The van der Waals surface area contributed by atoms with Crippen LogP contribution in [0.4, 0.5) is 0 Å². The molecule has 0 aromatic heterocycles.